The summed E-state index contributed by atoms with van der Waals surface area (Å²) >= 11 is 5.85. The van der Waals surface area contributed by atoms with Crippen LogP contribution in [0.15, 0.2) is 42.5 Å². The molecule has 0 saturated heterocycles. The number of carbonyl (C=O) groups excluding carboxylic acids is 1. The summed E-state index contributed by atoms with van der Waals surface area (Å²) in [6, 6.07) is 11.0. The number of carbonyl (C=O) groups is 2. The molecule has 6 heteroatoms. The van der Waals surface area contributed by atoms with Crippen molar-refractivity contribution in [3.05, 3.63) is 64.2 Å². The number of hydrogen-bond donors (Lipinski definition) is 2. The Hall–Kier alpha value is -2.53. The van der Waals surface area contributed by atoms with Gasteiger partial charge in [0.15, 0.2) is 6.23 Å². The quantitative estimate of drug-likeness (QED) is 0.894. The fourth-order valence-corrected chi connectivity index (χ4v) is 2.26. The number of carboxylic acids is 1. The van der Waals surface area contributed by atoms with E-state index in [1.165, 1.54) is 18.2 Å². The molecule has 0 fully saturated rings. The highest BCUT2D eigenvalue weighted by molar-refractivity contribution is 6.31. The van der Waals surface area contributed by atoms with Crippen LogP contribution in [-0.2, 0) is 0 Å². The standard InChI is InChI=1S/C15H10ClNO4/c16-10-5-6-12-11(7-10)13(18)17-14(21-12)8-1-3-9(4-2-8)15(19)20/h1-7,14H,(H,17,18)(H,19,20). The predicted molar refractivity (Wildman–Crippen MR) is 75.7 cm³/mol. The number of fused-ring (bicyclic) bond motifs is 1. The Morgan fingerprint density at radius 1 is 1.19 bits per heavy atom. The fraction of sp³-hybridized carbons (Fsp3) is 0.0667. The lowest BCUT2D eigenvalue weighted by atomic mass is 10.1. The van der Waals surface area contributed by atoms with Crippen LogP contribution in [0.5, 0.6) is 5.75 Å². The first kappa shape index (κ1) is 13.5. The van der Waals surface area contributed by atoms with Crippen LogP contribution in [0.4, 0.5) is 0 Å². The average Bonchev–Trinajstić information content (AvgIpc) is 2.48. The number of halogens is 1. The second-order valence-corrected chi connectivity index (χ2v) is 4.98. The highest BCUT2D eigenvalue weighted by Crippen LogP contribution is 2.31. The van der Waals surface area contributed by atoms with Crippen molar-refractivity contribution in [1.82, 2.24) is 5.32 Å². The SMILES string of the molecule is O=C(O)c1ccc(C2NC(=O)c3cc(Cl)ccc3O2)cc1. The van der Waals surface area contributed by atoms with Crippen molar-refractivity contribution in [3.8, 4) is 5.75 Å². The molecule has 0 aromatic heterocycles. The maximum absolute atomic E-state index is 12.1. The topological polar surface area (TPSA) is 75.6 Å². The molecule has 0 radical (unpaired) electrons. The van der Waals surface area contributed by atoms with Crippen LogP contribution in [-0.4, -0.2) is 17.0 Å². The largest absolute Gasteiger partial charge is 0.478 e. The molecule has 2 aromatic rings. The van der Waals surface area contributed by atoms with Gasteiger partial charge in [-0.1, -0.05) is 23.7 Å². The summed E-state index contributed by atoms with van der Waals surface area (Å²) < 4.78 is 5.71. The zero-order valence-electron chi connectivity index (χ0n) is 10.7. The van der Waals surface area contributed by atoms with Crippen molar-refractivity contribution in [2.45, 2.75) is 6.23 Å². The first-order valence-corrected chi connectivity index (χ1v) is 6.53. The molecule has 1 aliphatic rings. The third-order valence-electron chi connectivity index (χ3n) is 3.15. The van der Waals surface area contributed by atoms with Gasteiger partial charge < -0.3 is 15.2 Å². The summed E-state index contributed by atoms with van der Waals surface area (Å²) in [6.07, 6.45) is -0.658. The summed E-state index contributed by atoms with van der Waals surface area (Å²) in [5.41, 5.74) is 1.21. The van der Waals surface area contributed by atoms with Crippen molar-refractivity contribution in [2.24, 2.45) is 0 Å². The van der Waals surface area contributed by atoms with Gasteiger partial charge in [-0.25, -0.2) is 4.79 Å². The molecule has 1 amide bonds. The number of ether oxygens (including phenoxy) is 1. The summed E-state index contributed by atoms with van der Waals surface area (Å²) in [5, 5.41) is 12.0. The molecule has 1 atom stereocenters. The van der Waals surface area contributed by atoms with E-state index in [-0.39, 0.29) is 11.5 Å². The highest BCUT2D eigenvalue weighted by Gasteiger charge is 2.26. The summed E-state index contributed by atoms with van der Waals surface area (Å²) in [5.74, 6) is -0.850. The Labute approximate surface area is 125 Å². The Morgan fingerprint density at radius 3 is 2.57 bits per heavy atom. The van der Waals surface area contributed by atoms with Gasteiger partial charge in [0.05, 0.1) is 11.1 Å². The Morgan fingerprint density at radius 2 is 1.90 bits per heavy atom. The Kier molecular flexibility index (Phi) is 3.27. The molecule has 0 spiro atoms. The molecule has 1 heterocycles. The molecule has 106 valence electrons. The highest BCUT2D eigenvalue weighted by atomic mass is 35.5. The monoisotopic (exact) mass is 303 g/mol. The van der Waals surface area contributed by atoms with Crippen LogP contribution < -0.4 is 10.1 Å². The normalized spacial score (nSPS) is 16.6. The molecule has 5 nitrogen and oxygen atoms in total. The first-order chi connectivity index (χ1) is 10.0. The maximum Gasteiger partial charge on any atom is 0.335 e. The number of aromatic carboxylic acids is 1. The van der Waals surface area contributed by atoms with Crippen molar-refractivity contribution >= 4 is 23.5 Å². The van der Waals surface area contributed by atoms with E-state index in [0.717, 1.165) is 0 Å². The van der Waals surface area contributed by atoms with Gasteiger partial charge >= 0.3 is 5.97 Å². The van der Waals surface area contributed by atoms with Gasteiger partial charge in [-0.15, -0.1) is 0 Å². The van der Waals surface area contributed by atoms with E-state index < -0.39 is 12.2 Å². The molecule has 21 heavy (non-hydrogen) atoms. The Balaban J connectivity index is 1.90. The lowest BCUT2D eigenvalue weighted by Gasteiger charge is -2.27. The van der Waals surface area contributed by atoms with E-state index in [0.29, 0.717) is 21.9 Å². The van der Waals surface area contributed by atoms with Crippen LogP contribution >= 0.6 is 11.6 Å². The van der Waals surface area contributed by atoms with E-state index >= 15 is 0 Å². The third kappa shape index (κ3) is 2.55. The number of amides is 1. The summed E-state index contributed by atoms with van der Waals surface area (Å²) in [7, 11) is 0. The molecule has 2 aromatic carbocycles. The average molecular weight is 304 g/mol. The number of carboxylic acid groups (broad SMARTS) is 1. The molecule has 1 unspecified atom stereocenters. The fourth-order valence-electron chi connectivity index (χ4n) is 2.09. The smallest absolute Gasteiger partial charge is 0.335 e. The molecule has 0 aliphatic carbocycles. The lowest BCUT2D eigenvalue weighted by Crippen LogP contribution is -2.36. The summed E-state index contributed by atoms with van der Waals surface area (Å²) in [4.78, 5) is 22.9. The van der Waals surface area contributed by atoms with E-state index in [1.807, 2.05) is 0 Å². The zero-order chi connectivity index (χ0) is 15.0. The van der Waals surface area contributed by atoms with E-state index in [1.54, 1.807) is 24.3 Å². The minimum atomic E-state index is -1.00. The van der Waals surface area contributed by atoms with Gasteiger partial charge in [0.25, 0.3) is 5.91 Å². The van der Waals surface area contributed by atoms with E-state index in [4.69, 9.17) is 21.4 Å². The van der Waals surface area contributed by atoms with Gasteiger partial charge in [0, 0.05) is 10.6 Å². The van der Waals surface area contributed by atoms with Gasteiger partial charge in [0.2, 0.25) is 0 Å². The second-order valence-electron chi connectivity index (χ2n) is 4.54. The second kappa shape index (κ2) is 5.10. The minimum absolute atomic E-state index is 0.174. The summed E-state index contributed by atoms with van der Waals surface area (Å²) in [6.45, 7) is 0. The molecule has 1 aliphatic heterocycles. The van der Waals surface area contributed by atoms with Crippen molar-refractivity contribution in [1.29, 1.82) is 0 Å². The third-order valence-corrected chi connectivity index (χ3v) is 3.39. The molecule has 3 rings (SSSR count). The number of benzene rings is 2. The molecule has 0 saturated carbocycles. The van der Waals surface area contributed by atoms with Gasteiger partial charge in [0.1, 0.15) is 5.75 Å². The Bertz CT molecular complexity index is 727. The van der Waals surface area contributed by atoms with Crippen LogP contribution in [0.3, 0.4) is 0 Å². The molecule has 0 bridgehead atoms. The van der Waals surface area contributed by atoms with Crippen LogP contribution in [0.1, 0.15) is 32.5 Å². The van der Waals surface area contributed by atoms with Gasteiger partial charge in [-0.3, -0.25) is 4.79 Å². The molecular weight excluding hydrogens is 294 g/mol. The predicted octanol–water partition coefficient (Wildman–Crippen LogP) is 2.86. The van der Waals surface area contributed by atoms with Crippen molar-refractivity contribution in [2.75, 3.05) is 0 Å². The number of nitrogens with one attached hydrogen (secondary N) is 1. The van der Waals surface area contributed by atoms with E-state index in [9.17, 15) is 9.59 Å². The lowest BCUT2D eigenvalue weighted by molar-refractivity contribution is 0.0693. The first-order valence-electron chi connectivity index (χ1n) is 6.15. The van der Waals surface area contributed by atoms with E-state index in [2.05, 4.69) is 5.32 Å². The van der Waals surface area contributed by atoms with Crippen LogP contribution in [0, 0.1) is 0 Å². The maximum atomic E-state index is 12.1. The van der Waals surface area contributed by atoms with Gasteiger partial charge in [-0.2, -0.15) is 0 Å². The van der Waals surface area contributed by atoms with Crippen molar-refractivity contribution < 1.29 is 19.4 Å². The molecular formula is C15H10ClNO4. The zero-order valence-corrected chi connectivity index (χ0v) is 11.4. The number of hydrogen-bond acceptors (Lipinski definition) is 3. The number of rotatable bonds is 2. The van der Waals surface area contributed by atoms with Crippen LogP contribution in [0.25, 0.3) is 0 Å². The minimum Gasteiger partial charge on any atom is -0.478 e. The van der Waals surface area contributed by atoms with Gasteiger partial charge in [-0.05, 0) is 30.3 Å². The van der Waals surface area contributed by atoms with Crippen LogP contribution in [0.2, 0.25) is 5.02 Å². The molecule has 2 N–H and O–H groups in total. The van der Waals surface area contributed by atoms with Crippen molar-refractivity contribution in [3.63, 3.8) is 0 Å².